The maximum atomic E-state index is 6.10. The van der Waals surface area contributed by atoms with E-state index in [0.29, 0.717) is 0 Å². The Balaban J connectivity index is 3.15. The van der Waals surface area contributed by atoms with Gasteiger partial charge in [-0.15, -0.1) is 6.58 Å². The van der Waals surface area contributed by atoms with Crippen LogP contribution in [0.1, 0.15) is 18.1 Å². The molecular formula is C11H12Cl. The Hall–Kier alpha value is -0.750. The summed E-state index contributed by atoms with van der Waals surface area (Å²) in [5.41, 5.74) is 2.18. The highest BCUT2D eigenvalue weighted by Gasteiger charge is 2.07. The minimum absolute atomic E-state index is 0.829. The van der Waals surface area contributed by atoms with Crippen LogP contribution in [0.3, 0.4) is 0 Å². The molecule has 0 spiro atoms. The summed E-state index contributed by atoms with van der Waals surface area (Å²) in [6.07, 6.45) is 1.82. The topological polar surface area (TPSA) is 0 Å². The molecule has 0 fully saturated rings. The van der Waals surface area contributed by atoms with Crippen LogP contribution in [-0.2, 0) is 0 Å². The van der Waals surface area contributed by atoms with E-state index >= 15 is 0 Å². The second-order valence-electron chi connectivity index (χ2n) is 2.82. The SMILES string of the molecule is C=C[C](C)c1cccc(C)c1Cl. The van der Waals surface area contributed by atoms with Gasteiger partial charge in [-0.2, -0.15) is 0 Å². The van der Waals surface area contributed by atoms with Gasteiger partial charge in [-0.3, -0.25) is 0 Å². The maximum Gasteiger partial charge on any atom is 0.0476 e. The van der Waals surface area contributed by atoms with Gasteiger partial charge >= 0.3 is 0 Å². The highest BCUT2D eigenvalue weighted by atomic mass is 35.5. The van der Waals surface area contributed by atoms with Crippen molar-refractivity contribution < 1.29 is 0 Å². The van der Waals surface area contributed by atoms with Crippen molar-refractivity contribution in [2.45, 2.75) is 13.8 Å². The molecule has 0 amide bonds. The number of benzene rings is 1. The Morgan fingerprint density at radius 2 is 2.17 bits per heavy atom. The third-order valence-corrected chi connectivity index (χ3v) is 2.42. The van der Waals surface area contributed by atoms with Crippen molar-refractivity contribution in [3.63, 3.8) is 0 Å². The van der Waals surface area contributed by atoms with Crippen molar-refractivity contribution in [3.05, 3.63) is 52.9 Å². The molecule has 0 saturated heterocycles. The normalized spacial score (nSPS) is 10.3. The third-order valence-electron chi connectivity index (χ3n) is 1.92. The molecule has 0 heterocycles. The van der Waals surface area contributed by atoms with Gasteiger partial charge in [0, 0.05) is 10.9 Å². The first kappa shape index (κ1) is 9.34. The van der Waals surface area contributed by atoms with Crippen molar-refractivity contribution in [2.75, 3.05) is 0 Å². The molecule has 0 aliphatic carbocycles. The Labute approximate surface area is 78.9 Å². The number of rotatable bonds is 2. The quantitative estimate of drug-likeness (QED) is 0.648. The summed E-state index contributed by atoms with van der Waals surface area (Å²) in [5.74, 6) is 1.11. The van der Waals surface area contributed by atoms with E-state index in [0.717, 1.165) is 22.1 Å². The second-order valence-corrected chi connectivity index (χ2v) is 3.20. The lowest BCUT2D eigenvalue weighted by atomic mass is 9.99. The second kappa shape index (κ2) is 3.77. The molecule has 0 aliphatic rings. The van der Waals surface area contributed by atoms with Gasteiger partial charge in [-0.1, -0.05) is 42.8 Å². The Morgan fingerprint density at radius 3 is 2.75 bits per heavy atom. The summed E-state index contributed by atoms with van der Waals surface area (Å²) in [7, 11) is 0. The zero-order valence-electron chi connectivity index (χ0n) is 7.39. The van der Waals surface area contributed by atoms with E-state index in [9.17, 15) is 0 Å². The fourth-order valence-electron chi connectivity index (χ4n) is 1.06. The van der Waals surface area contributed by atoms with E-state index in [4.69, 9.17) is 11.6 Å². The van der Waals surface area contributed by atoms with E-state index in [1.54, 1.807) is 0 Å². The minimum Gasteiger partial charge on any atom is -0.102 e. The third kappa shape index (κ3) is 1.70. The van der Waals surface area contributed by atoms with Crippen LogP contribution in [0, 0.1) is 12.8 Å². The van der Waals surface area contributed by atoms with Crippen LogP contribution in [0.25, 0.3) is 0 Å². The molecule has 1 radical (unpaired) electrons. The first-order valence-electron chi connectivity index (χ1n) is 3.88. The van der Waals surface area contributed by atoms with Gasteiger partial charge in [-0.25, -0.2) is 0 Å². The predicted molar refractivity (Wildman–Crippen MR) is 54.4 cm³/mol. The van der Waals surface area contributed by atoms with Gasteiger partial charge in [0.05, 0.1) is 0 Å². The molecule has 0 aromatic heterocycles. The van der Waals surface area contributed by atoms with Crippen molar-refractivity contribution in [1.29, 1.82) is 0 Å². The largest absolute Gasteiger partial charge is 0.102 e. The van der Waals surface area contributed by atoms with Gasteiger partial charge in [0.25, 0.3) is 0 Å². The minimum atomic E-state index is 0.829. The van der Waals surface area contributed by atoms with Crippen LogP contribution < -0.4 is 0 Å². The summed E-state index contributed by atoms with van der Waals surface area (Å²) < 4.78 is 0. The molecule has 1 aromatic carbocycles. The van der Waals surface area contributed by atoms with Gasteiger partial charge in [0.1, 0.15) is 0 Å². The van der Waals surface area contributed by atoms with E-state index < -0.39 is 0 Å². The highest BCUT2D eigenvalue weighted by molar-refractivity contribution is 6.32. The van der Waals surface area contributed by atoms with Crippen molar-refractivity contribution >= 4 is 11.6 Å². The lowest BCUT2D eigenvalue weighted by Crippen LogP contribution is -1.92. The van der Waals surface area contributed by atoms with Crippen molar-refractivity contribution in [2.24, 2.45) is 0 Å². The summed E-state index contributed by atoms with van der Waals surface area (Å²) >= 11 is 6.10. The maximum absolute atomic E-state index is 6.10. The monoisotopic (exact) mass is 179 g/mol. The average molecular weight is 180 g/mol. The van der Waals surface area contributed by atoms with Crippen molar-refractivity contribution in [3.8, 4) is 0 Å². The zero-order valence-corrected chi connectivity index (χ0v) is 8.15. The molecule has 0 saturated carbocycles. The first-order chi connectivity index (χ1) is 5.66. The van der Waals surface area contributed by atoms with Gasteiger partial charge < -0.3 is 0 Å². The van der Waals surface area contributed by atoms with Gasteiger partial charge in [0.2, 0.25) is 0 Å². The first-order valence-corrected chi connectivity index (χ1v) is 4.26. The molecule has 0 bridgehead atoms. The van der Waals surface area contributed by atoms with E-state index in [1.165, 1.54) is 0 Å². The van der Waals surface area contributed by atoms with Crippen LogP contribution in [0.4, 0.5) is 0 Å². The molecule has 0 atom stereocenters. The molecule has 63 valence electrons. The number of halogens is 1. The Kier molecular flexibility index (Phi) is 2.93. The standard InChI is InChI=1S/C11H12Cl/c1-4-8(2)10-7-5-6-9(3)11(10)12/h4-7H,1H2,2-3H3. The van der Waals surface area contributed by atoms with Crippen molar-refractivity contribution in [1.82, 2.24) is 0 Å². The number of hydrogen-bond acceptors (Lipinski definition) is 0. The molecule has 1 rings (SSSR count). The van der Waals surface area contributed by atoms with Gasteiger partial charge in [0.15, 0.2) is 0 Å². The average Bonchev–Trinajstić information content (AvgIpc) is 2.08. The fraction of sp³-hybridized carbons (Fsp3) is 0.182. The zero-order chi connectivity index (χ0) is 9.14. The molecular weight excluding hydrogens is 168 g/mol. The van der Waals surface area contributed by atoms with E-state index in [-0.39, 0.29) is 0 Å². The number of aryl methyl sites for hydroxylation is 1. The van der Waals surface area contributed by atoms with Crippen LogP contribution in [0.5, 0.6) is 0 Å². The summed E-state index contributed by atoms with van der Waals surface area (Å²) in [5, 5.41) is 0.829. The van der Waals surface area contributed by atoms with E-state index in [2.05, 4.69) is 6.58 Å². The summed E-state index contributed by atoms with van der Waals surface area (Å²) in [4.78, 5) is 0. The van der Waals surface area contributed by atoms with Crippen LogP contribution in [0.15, 0.2) is 30.9 Å². The molecule has 1 heteroatoms. The Bertz CT molecular complexity index is 289. The van der Waals surface area contributed by atoms with Crippen LogP contribution in [-0.4, -0.2) is 0 Å². The van der Waals surface area contributed by atoms with Crippen LogP contribution >= 0.6 is 11.6 Å². The fourth-order valence-corrected chi connectivity index (χ4v) is 1.34. The summed E-state index contributed by atoms with van der Waals surface area (Å²) in [6.45, 7) is 7.72. The molecule has 12 heavy (non-hydrogen) atoms. The smallest absolute Gasteiger partial charge is 0.0476 e. The molecule has 0 aliphatic heterocycles. The van der Waals surface area contributed by atoms with Crippen LogP contribution in [0.2, 0.25) is 5.02 Å². The lowest BCUT2D eigenvalue weighted by Gasteiger charge is -2.09. The highest BCUT2D eigenvalue weighted by Crippen LogP contribution is 2.26. The molecule has 1 aromatic rings. The number of allylic oxidation sites excluding steroid dienone is 1. The van der Waals surface area contributed by atoms with E-state index in [1.807, 2.05) is 38.1 Å². The molecule has 0 unspecified atom stereocenters. The number of hydrogen-bond donors (Lipinski definition) is 0. The predicted octanol–water partition coefficient (Wildman–Crippen LogP) is 3.78. The lowest BCUT2D eigenvalue weighted by molar-refractivity contribution is 1.24. The molecule has 0 N–H and O–H groups in total. The summed E-state index contributed by atoms with van der Waals surface area (Å²) in [6, 6.07) is 6.01. The Morgan fingerprint density at radius 1 is 1.50 bits per heavy atom. The van der Waals surface area contributed by atoms with Gasteiger partial charge in [-0.05, 0) is 18.1 Å². The molecule has 0 nitrogen and oxygen atoms in total.